The molecule has 0 radical (unpaired) electrons. The van der Waals surface area contributed by atoms with Crippen molar-refractivity contribution in [2.75, 3.05) is 0 Å². The zero-order valence-electron chi connectivity index (χ0n) is 19.1. The first-order chi connectivity index (χ1) is 16.8. The van der Waals surface area contributed by atoms with Crippen LogP contribution in [0.1, 0.15) is 35.1 Å². The van der Waals surface area contributed by atoms with Gasteiger partial charge < -0.3 is 5.11 Å². The third-order valence-electron chi connectivity index (χ3n) is 6.90. The number of carbonyl (C=O) groups is 1. The van der Waals surface area contributed by atoms with Gasteiger partial charge in [-0.15, -0.1) is 0 Å². The molecule has 2 unspecified atom stereocenters. The molecule has 0 spiro atoms. The van der Waals surface area contributed by atoms with E-state index in [-0.39, 0.29) is 28.4 Å². The fourth-order valence-electron chi connectivity index (χ4n) is 5.20. The van der Waals surface area contributed by atoms with Gasteiger partial charge in [-0.3, -0.25) is 4.79 Å². The number of carbonyl (C=O) groups excluding carboxylic acids is 1. The first-order valence-electron chi connectivity index (χ1n) is 11.7. The molecule has 0 fully saturated rings. The van der Waals surface area contributed by atoms with Crippen molar-refractivity contribution in [2.24, 2.45) is 5.92 Å². The maximum atomic E-state index is 13.2. The average molecular weight is 508 g/mol. The van der Waals surface area contributed by atoms with Crippen molar-refractivity contribution in [2.45, 2.75) is 43.0 Å². The molecule has 5 rings (SSSR count). The summed E-state index contributed by atoms with van der Waals surface area (Å²) < 4.78 is 28.5. The van der Waals surface area contributed by atoms with Crippen LogP contribution in [0.4, 0.5) is 0 Å². The number of hydrogen-bond acceptors (Lipinski definition) is 4. The Morgan fingerprint density at radius 2 is 1.69 bits per heavy atom. The number of benzene rings is 3. The molecule has 0 bridgehead atoms. The van der Waals surface area contributed by atoms with Crippen LogP contribution in [0, 0.1) is 5.92 Å². The second-order valence-corrected chi connectivity index (χ2v) is 11.4. The first kappa shape index (κ1) is 23.8. The molecule has 180 valence electrons. The van der Waals surface area contributed by atoms with Gasteiger partial charge in [-0.1, -0.05) is 60.1 Å². The molecule has 35 heavy (non-hydrogen) atoms. The fraction of sp³-hybridized carbons (Fsp3) is 0.250. The Hall–Kier alpha value is -2.93. The Bertz CT molecular complexity index is 1400. The molecule has 0 saturated heterocycles. The highest BCUT2D eigenvalue weighted by Gasteiger charge is 2.35. The van der Waals surface area contributed by atoms with Gasteiger partial charge in [-0.2, -0.15) is 0 Å². The number of halogens is 1. The number of aliphatic hydroxyl groups excluding tert-OH is 1. The second kappa shape index (κ2) is 9.61. The third-order valence-corrected chi connectivity index (χ3v) is 8.69. The molecule has 3 aromatic carbocycles. The van der Waals surface area contributed by atoms with Crippen LogP contribution in [0.2, 0.25) is 5.02 Å². The summed E-state index contributed by atoms with van der Waals surface area (Å²) in [6.07, 6.45) is 2.90. The highest BCUT2D eigenvalue weighted by Crippen LogP contribution is 2.37. The molecule has 7 heteroatoms. The fourth-order valence-corrected chi connectivity index (χ4v) is 6.59. The van der Waals surface area contributed by atoms with E-state index in [0.717, 1.165) is 23.1 Å². The van der Waals surface area contributed by atoms with Crippen LogP contribution in [0.3, 0.4) is 0 Å². The van der Waals surface area contributed by atoms with Crippen molar-refractivity contribution in [3.63, 3.8) is 0 Å². The van der Waals surface area contributed by atoms with E-state index in [0.29, 0.717) is 36.3 Å². The van der Waals surface area contributed by atoms with Gasteiger partial charge in [0.1, 0.15) is 5.76 Å². The molecule has 2 aliphatic rings. The van der Waals surface area contributed by atoms with Crippen LogP contribution in [-0.4, -0.2) is 25.3 Å². The highest BCUT2D eigenvalue weighted by atomic mass is 35.5. The van der Waals surface area contributed by atoms with Gasteiger partial charge in [-0.25, -0.2) is 13.1 Å². The van der Waals surface area contributed by atoms with Crippen molar-refractivity contribution >= 4 is 33.0 Å². The lowest BCUT2D eigenvalue weighted by Gasteiger charge is -2.27. The van der Waals surface area contributed by atoms with Crippen LogP contribution >= 0.6 is 11.6 Å². The largest absolute Gasteiger partial charge is 0.512 e. The summed E-state index contributed by atoms with van der Waals surface area (Å²) in [7, 11) is -3.64. The lowest BCUT2D eigenvalue weighted by Crippen LogP contribution is -2.39. The number of aliphatic hydroxyl groups is 1. The molecule has 0 amide bonds. The van der Waals surface area contributed by atoms with Gasteiger partial charge >= 0.3 is 0 Å². The maximum Gasteiger partial charge on any atom is 0.240 e. The molecular weight excluding hydrogens is 482 g/mol. The number of Topliss-reactive ketones (excluding diaryl/α,β-unsaturated/α-hetero) is 1. The predicted octanol–water partition coefficient (Wildman–Crippen LogP) is 5.28. The number of nitrogens with one attached hydrogen (secondary N) is 1. The summed E-state index contributed by atoms with van der Waals surface area (Å²) in [6, 6.07) is 21.3. The number of fused-ring (bicyclic) bond motifs is 1. The van der Waals surface area contributed by atoms with Gasteiger partial charge in [0, 0.05) is 23.4 Å². The highest BCUT2D eigenvalue weighted by molar-refractivity contribution is 7.89. The van der Waals surface area contributed by atoms with E-state index in [4.69, 9.17) is 11.6 Å². The molecule has 2 aliphatic carbocycles. The van der Waals surface area contributed by atoms with E-state index in [2.05, 4.69) is 4.72 Å². The number of ketones is 1. The van der Waals surface area contributed by atoms with Gasteiger partial charge in [0.15, 0.2) is 5.78 Å². The van der Waals surface area contributed by atoms with E-state index >= 15 is 0 Å². The zero-order valence-corrected chi connectivity index (χ0v) is 20.6. The van der Waals surface area contributed by atoms with Crippen LogP contribution in [0.15, 0.2) is 83.5 Å². The van der Waals surface area contributed by atoms with Gasteiger partial charge in [-0.05, 0) is 72.2 Å². The first-order valence-corrected chi connectivity index (χ1v) is 13.6. The van der Waals surface area contributed by atoms with Gasteiger partial charge in [0.25, 0.3) is 0 Å². The lowest BCUT2D eigenvalue weighted by atomic mass is 9.82. The molecular formula is C28H26ClNO4S. The molecule has 0 aromatic heterocycles. The van der Waals surface area contributed by atoms with Crippen molar-refractivity contribution < 1.29 is 18.3 Å². The van der Waals surface area contributed by atoms with E-state index in [1.54, 1.807) is 12.1 Å². The third kappa shape index (κ3) is 4.92. The quantitative estimate of drug-likeness (QED) is 0.475. The Morgan fingerprint density at radius 3 is 2.43 bits per heavy atom. The Kier molecular flexibility index (Phi) is 6.53. The van der Waals surface area contributed by atoms with Crippen molar-refractivity contribution in [1.29, 1.82) is 0 Å². The van der Waals surface area contributed by atoms with Gasteiger partial charge in [0.05, 0.1) is 10.5 Å². The number of rotatable bonds is 6. The monoisotopic (exact) mass is 507 g/mol. The molecule has 5 nitrogen and oxygen atoms in total. The topological polar surface area (TPSA) is 83.5 Å². The summed E-state index contributed by atoms with van der Waals surface area (Å²) in [5, 5.41) is 11.0. The smallest absolute Gasteiger partial charge is 0.240 e. The summed E-state index contributed by atoms with van der Waals surface area (Å²) in [5.41, 5.74) is 4.57. The summed E-state index contributed by atoms with van der Waals surface area (Å²) >= 11 is 5.89. The predicted molar refractivity (Wildman–Crippen MR) is 137 cm³/mol. The van der Waals surface area contributed by atoms with Crippen molar-refractivity contribution in [3.8, 4) is 0 Å². The molecule has 3 aromatic rings. The maximum absolute atomic E-state index is 13.2. The standard InChI is InChI=1S/C28H26ClNO4S/c29-22-9-12-24(13-10-22)35(33,34)30-23-11-14-25-19(7-4-8-20(25)16-23)15-21-17-26(31)27(28(21)32)18-5-2-1-3-6-18/h1-10,12-13,21,23,30-31H,11,14-17H2. The number of allylic oxidation sites excluding steroid dienone is 2. The van der Waals surface area contributed by atoms with Crippen molar-refractivity contribution in [3.05, 3.63) is 106 Å². The SMILES string of the molecule is O=C1C(c2ccccc2)=C(O)CC1Cc1cccc2c1CCC(NS(=O)(=O)c1ccc(Cl)cc1)C2. The zero-order chi connectivity index (χ0) is 24.6. The van der Waals surface area contributed by atoms with Crippen LogP contribution in [-0.2, 0) is 34.1 Å². The second-order valence-electron chi connectivity index (χ2n) is 9.23. The Morgan fingerprint density at radius 1 is 0.943 bits per heavy atom. The normalized spacial score (nSPS) is 20.2. The minimum absolute atomic E-state index is 0.0179. The van der Waals surface area contributed by atoms with Crippen LogP contribution < -0.4 is 4.72 Å². The summed E-state index contributed by atoms with van der Waals surface area (Å²) in [4.78, 5) is 13.3. The van der Waals surface area contributed by atoms with E-state index in [1.807, 2.05) is 48.5 Å². The number of sulfonamides is 1. The molecule has 2 atom stereocenters. The molecule has 0 heterocycles. The minimum atomic E-state index is -3.64. The Labute approximate surface area is 210 Å². The minimum Gasteiger partial charge on any atom is -0.512 e. The molecule has 0 saturated carbocycles. The van der Waals surface area contributed by atoms with Crippen molar-refractivity contribution in [1.82, 2.24) is 4.72 Å². The van der Waals surface area contributed by atoms with Crippen LogP contribution in [0.5, 0.6) is 0 Å². The lowest BCUT2D eigenvalue weighted by molar-refractivity contribution is -0.116. The van der Waals surface area contributed by atoms with E-state index in [9.17, 15) is 18.3 Å². The molecule has 0 aliphatic heterocycles. The van der Waals surface area contributed by atoms with E-state index < -0.39 is 10.0 Å². The summed E-state index contributed by atoms with van der Waals surface area (Å²) in [5.74, 6) is -0.152. The van der Waals surface area contributed by atoms with Crippen LogP contribution in [0.25, 0.3) is 5.57 Å². The van der Waals surface area contributed by atoms with E-state index in [1.165, 1.54) is 17.7 Å². The Balaban J connectivity index is 1.30. The summed E-state index contributed by atoms with van der Waals surface area (Å²) in [6.45, 7) is 0. The number of hydrogen-bond donors (Lipinski definition) is 2. The molecule has 2 N–H and O–H groups in total. The van der Waals surface area contributed by atoms with Gasteiger partial charge in [0.2, 0.25) is 10.0 Å². The average Bonchev–Trinajstić information content (AvgIpc) is 3.12.